The molecule has 34 heavy (non-hydrogen) atoms. The molecule has 2 heterocycles. The fourth-order valence-corrected chi connectivity index (χ4v) is 5.31. The summed E-state index contributed by atoms with van der Waals surface area (Å²) in [4.78, 5) is 13.4. The van der Waals surface area contributed by atoms with E-state index in [0.29, 0.717) is 21.9 Å². The highest BCUT2D eigenvalue weighted by molar-refractivity contribution is 7.98. The van der Waals surface area contributed by atoms with Gasteiger partial charge in [0.25, 0.3) is 0 Å². The van der Waals surface area contributed by atoms with Crippen LogP contribution in [0.15, 0.2) is 58.7 Å². The Morgan fingerprint density at radius 1 is 1.00 bits per heavy atom. The Balaban J connectivity index is 1.43. The highest BCUT2D eigenvalue weighted by atomic mass is 32.2. The molecule has 4 aromatic rings. The molecule has 2 aromatic carbocycles. The Bertz CT molecular complexity index is 1290. The van der Waals surface area contributed by atoms with Crippen molar-refractivity contribution in [3.63, 3.8) is 0 Å². The number of nitrogens with one attached hydrogen (secondary N) is 1. The number of hydrogen-bond donors (Lipinski definition) is 1. The smallest absolute Gasteiger partial charge is 0.422 e. The minimum absolute atomic E-state index is 0.129. The van der Waals surface area contributed by atoms with Crippen LogP contribution >= 0.6 is 23.5 Å². The van der Waals surface area contributed by atoms with Gasteiger partial charge in [-0.1, -0.05) is 23.9 Å². The summed E-state index contributed by atoms with van der Waals surface area (Å²) >= 11 is 3.16. The molecule has 0 saturated carbocycles. The third kappa shape index (κ3) is 6.24. The lowest BCUT2D eigenvalue weighted by molar-refractivity contribution is -0.153. The van der Waals surface area contributed by atoms with E-state index in [9.17, 15) is 17.6 Å². The van der Waals surface area contributed by atoms with Crippen LogP contribution in [0.2, 0.25) is 0 Å². The number of pyridine rings is 1. The number of aromatic amines is 1. The van der Waals surface area contributed by atoms with Crippen LogP contribution in [0.5, 0.6) is 5.75 Å². The molecule has 0 bridgehead atoms. The molecule has 2 aromatic heterocycles. The summed E-state index contributed by atoms with van der Waals surface area (Å²) in [6.07, 6.45) is -2.54. The largest absolute Gasteiger partial charge is 0.484 e. The Labute approximate surface area is 202 Å². The third-order valence-electron chi connectivity index (χ3n) is 5.02. The molecule has 0 saturated heterocycles. The maximum Gasteiger partial charge on any atom is 0.422 e. The standard InChI is InChI=1S/C24H21F4N3OS2/c1-14-10-29-21(15(2)22(14)33-11-16-3-5-17(25)6-4-16)12-34-23-30-19-8-7-18(9-20(19)31-23)32-13-24(26,27)28/h3-10H,11-13H2,1-2H3,(H,30,31). The minimum atomic E-state index is -4.39. The molecule has 178 valence electrons. The van der Waals surface area contributed by atoms with Crippen LogP contribution < -0.4 is 4.74 Å². The number of rotatable bonds is 8. The summed E-state index contributed by atoms with van der Waals surface area (Å²) in [5.41, 5.74) is 5.37. The van der Waals surface area contributed by atoms with E-state index in [-0.39, 0.29) is 11.6 Å². The van der Waals surface area contributed by atoms with Gasteiger partial charge in [0.15, 0.2) is 11.8 Å². The monoisotopic (exact) mass is 507 g/mol. The van der Waals surface area contributed by atoms with Gasteiger partial charge in [0.05, 0.1) is 16.7 Å². The van der Waals surface area contributed by atoms with Crippen LogP contribution in [0.4, 0.5) is 17.6 Å². The van der Waals surface area contributed by atoms with Crippen molar-refractivity contribution in [2.24, 2.45) is 0 Å². The normalized spacial score (nSPS) is 11.8. The fourth-order valence-electron chi connectivity index (χ4n) is 3.29. The number of H-pyrrole nitrogens is 1. The van der Waals surface area contributed by atoms with Gasteiger partial charge in [-0.2, -0.15) is 13.2 Å². The minimum Gasteiger partial charge on any atom is -0.484 e. The SMILES string of the molecule is Cc1cnc(CSc2nc3ccc(OCC(F)(F)F)cc3[nH]2)c(C)c1SCc1ccc(F)cc1. The Morgan fingerprint density at radius 3 is 2.50 bits per heavy atom. The number of halogens is 4. The Morgan fingerprint density at radius 2 is 1.76 bits per heavy atom. The van der Waals surface area contributed by atoms with Gasteiger partial charge in [-0.15, -0.1) is 11.8 Å². The zero-order chi connectivity index (χ0) is 24.3. The van der Waals surface area contributed by atoms with E-state index in [4.69, 9.17) is 4.74 Å². The van der Waals surface area contributed by atoms with Crippen molar-refractivity contribution in [1.82, 2.24) is 15.0 Å². The average Bonchev–Trinajstić information content (AvgIpc) is 3.20. The second-order valence-electron chi connectivity index (χ2n) is 7.67. The molecule has 10 heteroatoms. The first kappa shape index (κ1) is 24.4. The van der Waals surface area contributed by atoms with Gasteiger partial charge in [0.1, 0.15) is 11.6 Å². The number of aromatic nitrogens is 3. The average molecular weight is 508 g/mol. The number of nitrogens with zero attached hydrogens (tertiary/aromatic N) is 2. The molecule has 0 radical (unpaired) electrons. The first-order valence-corrected chi connectivity index (χ1v) is 12.3. The van der Waals surface area contributed by atoms with Crippen molar-refractivity contribution >= 4 is 34.6 Å². The molecular weight excluding hydrogens is 486 g/mol. The number of imidazole rings is 1. The molecule has 4 rings (SSSR count). The van der Waals surface area contributed by atoms with Crippen molar-refractivity contribution in [2.45, 2.75) is 41.6 Å². The zero-order valence-electron chi connectivity index (χ0n) is 18.4. The number of aryl methyl sites for hydroxylation is 1. The van der Waals surface area contributed by atoms with E-state index in [1.807, 2.05) is 20.0 Å². The number of alkyl halides is 3. The van der Waals surface area contributed by atoms with Gasteiger partial charge in [-0.25, -0.2) is 9.37 Å². The van der Waals surface area contributed by atoms with Crippen molar-refractivity contribution in [1.29, 1.82) is 0 Å². The quantitative estimate of drug-likeness (QED) is 0.201. The van der Waals surface area contributed by atoms with E-state index in [1.165, 1.54) is 36.0 Å². The van der Waals surface area contributed by atoms with E-state index in [0.717, 1.165) is 33.0 Å². The van der Waals surface area contributed by atoms with Gasteiger partial charge >= 0.3 is 6.18 Å². The third-order valence-corrected chi connectivity index (χ3v) is 7.30. The van der Waals surface area contributed by atoms with Crippen molar-refractivity contribution in [2.75, 3.05) is 6.61 Å². The number of thioether (sulfide) groups is 2. The summed E-state index contributed by atoms with van der Waals surface area (Å²) < 4.78 is 55.1. The summed E-state index contributed by atoms with van der Waals surface area (Å²) in [6.45, 7) is 2.71. The summed E-state index contributed by atoms with van der Waals surface area (Å²) in [7, 11) is 0. The molecule has 4 nitrogen and oxygen atoms in total. The summed E-state index contributed by atoms with van der Waals surface area (Å²) in [5.74, 6) is 1.18. The second-order valence-corrected chi connectivity index (χ2v) is 9.62. The van der Waals surface area contributed by atoms with E-state index in [1.54, 1.807) is 30.0 Å². The number of fused-ring (bicyclic) bond motifs is 1. The lowest BCUT2D eigenvalue weighted by Crippen LogP contribution is -2.19. The second kappa shape index (κ2) is 10.3. The molecule has 0 aliphatic heterocycles. The lowest BCUT2D eigenvalue weighted by Gasteiger charge is -2.13. The number of hydrogen-bond acceptors (Lipinski definition) is 5. The van der Waals surface area contributed by atoms with Gasteiger partial charge in [-0.3, -0.25) is 4.98 Å². The fraction of sp³-hybridized carbons (Fsp3) is 0.250. The summed E-state index contributed by atoms with van der Waals surface area (Å²) in [5, 5.41) is 0.644. The zero-order valence-corrected chi connectivity index (χ0v) is 20.0. The van der Waals surface area contributed by atoms with Gasteiger partial charge in [-0.05, 0) is 54.8 Å². The molecule has 0 aliphatic carbocycles. The molecule has 0 unspecified atom stereocenters. The predicted molar refractivity (Wildman–Crippen MR) is 127 cm³/mol. The maximum atomic E-state index is 13.1. The number of benzene rings is 2. The molecule has 0 amide bonds. The van der Waals surface area contributed by atoms with Gasteiger partial charge < -0.3 is 9.72 Å². The highest BCUT2D eigenvalue weighted by Gasteiger charge is 2.28. The van der Waals surface area contributed by atoms with Crippen LogP contribution in [0.25, 0.3) is 11.0 Å². The predicted octanol–water partition coefficient (Wildman–Crippen LogP) is 7.24. The molecule has 0 fully saturated rings. The van der Waals surface area contributed by atoms with E-state index >= 15 is 0 Å². The lowest BCUT2D eigenvalue weighted by atomic mass is 10.2. The summed E-state index contributed by atoms with van der Waals surface area (Å²) in [6, 6.07) is 11.1. The maximum absolute atomic E-state index is 13.1. The van der Waals surface area contributed by atoms with Crippen LogP contribution in [0, 0.1) is 19.7 Å². The Hall–Kier alpha value is -2.72. The number of ether oxygens (including phenoxy) is 1. The van der Waals surface area contributed by atoms with Gasteiger partial charge in [0, 0.05) is 28.7 Å². The van der Waals surface area contributed by atoms with Crippen molar-refractivity contribution in [3.8, 4) is 5.75 Å². The van der Waals surface area contributed by atoms with Gasteiger partial charge in [0.2, 0.25) is 0 Å². The first-order valence-electron chi connectivity index (χ1n) is 10.3. The van der Waals surface area contributed by atoms with Crippen molar-refractivity contribution in [3.05, 3.63) is 76.9 Å². The Kier molecular flexibility index (Phi) is 7.37. The molecule has 0 atom stereocenters. The molecular formula is C24H21F4N3OS2. The first-order chi connectivity index (χ1) is 16.2. The van der Waals surface area contributed by atoms with Crippen LogP contribution in [0.3, 0.4) is 0 Å². The molecule has 0 spiro atoms. The van der Waals surface area contributed by atoms with Crippen LogP contribution in [0.1, 0.15) is 22.4 Å². The topological polar surface area (TPSA) is 50.8 Å². The molecule has 1 N–H and O–H groups in total. The van der Waals surface area contributed by atoms with Crippen LogP contribution in [-0.2, 0) is 11.5 Å². The van der Waals surface area contributed by atoms with Crippen molar-refractivity contribution < 1.29 is 22.3 Å². The highest BCUT2D eigenvalue weighted by Crippen LogP contribution is 2.33. The molecule has 0 aliphatic rings. The van der Waals surface area contributed by atoms with E-state index < -0.39 is 12.8 Å². The van der Waals surface area contributed by atoms with E-state index in [2.05, 4.69) is 15.0 Å². The van der Waals surface area contributed by atoms with Crippen LogP contribution in [-0.4, -0.2) is 27.7 Å².